The number of nitrogens with one attached hydrogen (secondary N) is 1. The Labute approximate surface area is 110 Å². The number of hydrogen-bond acceptors (Lipinski definition) is 4. The summed E-state index contributed by atoms with van der Waals surface area (Å²) in [5, 5.41) is 3.32. The lowest BCUT2D eigenvalue weighted by Crippen LogP contribution is -2.14. The highest BCUT2D eigenvalue weighted by atomic mass is 16.5. The first-order valence-corrected chi connectivity index (χ1v) is 6.79. The van der Waals surface area contributed by atoms with E-state index in [1.54, 1.807) is 6.26 Å². The highest BCUT2D eigenvalue weighted by molar-refractivity contribution is 5.15. The average molecular weight is 255 g/mol. The molecule has 1 heterocycles. The Kier molecular flexibility index (Phi) is 8.55. The van der Waals surface area contributed by atoms with Crippen LogP contribution in [0, 0.1) is 0 Å². The zero-order valence-electron chi connectivity index (χ0n) is 11.5. The average Bonchev–Trinajstić information content (AvgIpc) is 2.82. The first kappa shape index (κ1) is 15.2. The van der Waals surface area contributed by atoms with Gasteiger partial charge in [-0.3, -0.25) is 0 Å². The Morgan fingerprint density at radius 2 is 1.94 bits per heavy atom. The molecule has 0 fully saturated rings. The Morgan fingerprint density at radius 3 is 2.72 bits per heavy atom. The molecule has 0 saturated carbocycles. The third kappa shape index (κ3) is 6.19. The molecule has 1 aromatic rings. The van der Waals surface area contributed by atoms with Gasteiger partial charge in [-0.1, -0.05) is 13.8 Å². The third-order valence-corrected chi connectivity index (χ3v) is 2.53. The molecule has 0 saturated heterocycles. The summed E-state index contributed by atoms with van der Waals surface area (Å²) in [7, 11) is 0. The van der Waals surface area contributed by atoms with Gasteiger partial charge in [-0.05, 0) is 25.5 Å². The van der Waals surface area contributed by atoms with Gasteiger partial charge in [0.1, 0.15) is 5.76 Å². The quantitative estimate of drug-likeness (QED) is 0.617. The molecule has 0 radical (unpaired) electrons. The predicted octanol–water partition coefficient (Wildman–Crippen LogP) is 2.72. The lowest BCUT2D eigenvalue weighted by Gasteiger charge is -2.06. The van der Waals surface area contributed by atoms with E-state index in [2.05, 4.69) is 19.2 Å². The van der Waals surface area contributed by atoms with Gasteiger partial charge >= 0.3 is 0 Å². The van der Waals surface area contributed by atoms with E-state index in [4.69, 9.17) is 13.9 Å². The smallest absolute Gasteiger partial charge is 0.123 e. The van der Waals surface area contributed by atoms with E-state index >= 15 is 0 Å². The van der Waals surface area contributed by atoms with E-state index in [1.165, 1.54) is 0 Å². The molecule has 4 nitrogen and oxygen atoms in total. The van der Waals surface area contributed by atoms with E-state index in [9.17, 15) is 0 Å². The van der Waals surface area contributed by atoms with Crippen LogP contribution in [-0.4, -0.2) is 26.4 Å². The molecule has 0 unspecified atom stereocenters. The molecule has 0 aliphatic carbocycles. The molecule has 1 aromatic heterocycles. The first-order chi connectivity index (χ1) is 8.88. The van der Waals surface area contributed by atoms with E-state index in [1.807, 2.05) is 6.07 Å². The van der Waals surface area contributed by atoms with Crippen LogP contribution >= 0.6 is 0 Å². The van der Waals surface area contributed by atoms with Crippen LogP contribution in [0.4, 0.5) is 0 Å². The molecule has 1 rings (SSSR count). The minimum absolute atomic E-state index is 0.592. The number of ether oxygens (including phenoxy) is 2. The normalized spacial score (nSPS) is 11.0. The van der Waals surface area contributed by atoms with Gasteiger partial charge in [0.25, 0.3) is 0 Å². The molecule has 4 heteroatoms. The van der Waals surface area contributed by atoms with Gasteiger partial charge in [-0.2, -0.15) is 0 Å². The monoisotopic (exact) mass is 255 g/mol. The van der Waals surface area contributed by atoms with Gasteiger partial charge in [0.05, 0.1) is 32.6 Å². The molecule has 0 aromatic carbocycles. The van der Waals surface area contributed by atoms with Crippen molar-refractivity contribution in [2.45, 2.75) is 39.8 Å². The minimum Gasteiger partial charge on any atom is -0.468 e. The van der Waals surface area contributed by atoms with Gasteiger partial charge in [0, 0.05) is 12.2 Å². The molecule has 0 spiro atoms. The molecule has 0 aliphatic rings. The third-order valence-electron chi connectivity index (χ3n) is 2.53. The molecule has 0 bridgehead atoms. The molecule has 0 aliphatic heterocycles. The van der Waals surface area contributed by atoms with Gasteiger partial charge in [-0.25, -0.2) is 0 Å². The molecular formula is C14H25NO3. The fraction of sp³-hybridized carbons (Fsp3) is 0.714. The van der Waals surface area contributed by atoms with Gasteiger partial charge in [0.2, 0.25) is 0 Å². The van der Waals surface area contributed by atoms with E-state index in [0.717, 1.165) is 43.9 Å². The van der Waals surface area contributed by atoms with Crippen LogP contribution in [0.25, 0.3) is 0 Å². The van der Waals surface area contributed by atoms with Crippen molar-refractivity contribution in [2.75, 3.05) is 26.4 Å². The Hall–Kier alpha value is -0.840. The Morgan fingerprint density at radius 1 is 1.11 bits per heavy atom. The van der Waals surface area contributed by atoms with Crippen molar-refractivity contribution in [1.29, 1.82) is 0 Å². The Balaban J connectivity index is 2.15. The molecule has 18 heavy (non-hydrogen) atoms. The summed E-state index contributed by atoms with van der Waals surface area (Å²) < 4.78 is 16.3. The highest BCUT2D eigenvalue weighted by Gasteiger charge is 2.05. The van der Waals surface area contributed by atoms with Crippen molar-refractivity contribution in [3.63, 3.8) is 0 Å². The van der Waals surface area contributed by atoms with Crippen LogP contribution in [0.1, 0.15) is 38.0 Å². The van der Waals surface area contributed by atoms with Crippen molar-refractivity contribution >= 4 is 0 Å². The maximum Gasteiger partial charge on any atom is 0.123 e. The number of rotatable bonds is 11. The summed E-state index contributed by atoms with van der Waals surface area (Å²) in [6.07, 6.45) is 3.89. The lowest BCUT2D eigenvalue weighted by molar-refractivity contribution is 0.0403. The van der Waals surface area contributed by atoms with Crippen LogP contribution in [0.5, 0.6) is 0 Å². The predicted molar refractivity (Wildman–Crippen MR) is 71.5 cm³/mol. The van der Waals surface area contributed by atoms with Crippen molar-refractivity contribution in [3.05, 3.63) is 23.7 Å². The van der Waals surface area contributed by atoms with E-state index in [-0.39, 0.29) is 0 Å². The zero-order chi connectivity index (χ0) is 13.1. The molecule has 1 N–H and O–H groups in total. The second-order valence-corrected chi connectivity index (χ2v) is 4.21. The van der Waals surface area contributed by atoms with Crippen molar-refractivity contribution < 1.29 is 13.9 Å². The summed E-state index contributed by atoms with van der Waals surface area (Å²) in [4.78, 5) is 0. The van der Waals surface area contributed by atoms with Gasteiger partial charge in [-0.15, -0.1) is 0 Å². The van der Waals surface area contributed by atoms with Crippen molar-refractivity contribution in [1.82, 2.24) is 5.32 Å². The molecular weight excluding hydrogens is 230 g/mol. The molecule has 0 atom stereocenters. The summed E-state index contributed by atoms with van der Waals surface area (Å²) in [5.74, 6) is 0.970. The number of furan rings is 1. The van der Waals surface area contributed by atoms with Gasteiger partial charge in [0.15, 0.2) is 0 Å². The van der Waals surface area contributed by atoms with E-state index < -0.39 is 0 Å². The topological polar surface area (TPSA) is 43.6 Å². The summed E-state index contributed by atoms with van der Waals surface area (Å²) in [5.41, 5.74) is 1.12. The van der Waals surface area contributed by atoms with Crippen molar-refractivity contribution in [3.8, 4) is 0 Å². The molecule has 104 valence electrons. The summed E-state index contributed by atoms with van der Waals surface area (Å²) in [6.45, 7) is 8.72. The van der Waals surface area contributed by atoms with Crippen molar-refractivity contribution in [2.24, 2.45) is 0 Å². The van der Waals surface area contributed by atoms with Gasteiger partial charge < -0.3 is 19.2 Å². The fourth-order valence-electron chi connectivity index (χ4n) is 1.58. The SMILES string of the molecule is CCCNCc1occc1COCCOCCC. The maximum atomic E-state index is 5.56. The van der Waals surface area contributed by atoms with Crippen LogP contribution in [0.3, 0.4) is 0 Å². The lowest BCUT2D eigenvalue weighted by atomic mass is 10.2. The molecule has 0 amide bonds. The van der Waals surface area contributed by atoms with E-state index in [0.29, 0.717) is 19.8 Å². The number of hydrogen-bond donors (Lipinski definition) is 1. The second kappa shape index (κ2) is 10.1. The minimum atomic E-state index is 0.592. The summed E-state index contributed by atoms with van der Waals surface area (Å²) in [6, 6.07) is 1.97. The van der Waals surface area contributed by atoms with Crippen LogP contribution in [0.2, 0.25) is 0 Å². The van der Waals surface area contributed by atoms with Crippen LogP contribution < -0.4 is 5.32 Å². The zero-order valence-corrected chi connectivity index (χ0v) is 11.5. The Bertz CT molecular complexity index is 299. The maximum absolute atomic E-state index is 5.56. The largest absolute Gasteiger partial charge is 0.468 e. The summed E-state index contributed by atoms with van der Waals surface area (Å²) >= 11 is 0. The first-order valence-electron chi connectivity index (χ1n) is 6.79. The van der Waals surface area contributed by atoms with Crippen LogP contribution in [-0.2, 0) is 22.6 Å². The van der Waals surface area contributed by atoms with Crippen LogP contribution in [0.15, 0.2) is 16.7 Å². The fourth-order valence-corrected chi connectivity index (χ4v) is 1.58. The standard InChI is InChI=1S/C14H25NO3/c1-3-6-15-11-14-13(5-8-18-14)12-17-10-9-16-7-4-2/h5,8,15H,3-4,6-7,9-12H2,1-2H3. The second-order valence-electron chi connectivity index (χ2n) is 4.21. The highest BCUT2D eigenvalue weighted by Crippen LogP contribution is 2.11.